The molecule has 1 aliphatic heterocycles. The Bertz CT molecular complexity index is 461. The molecule has 1 aromatic rings. The lowest BCUT2D eigenvalue weighted by Gasteiger charge is -2.39. The van der Waals surface area contributed by atoms with Gasteiger partial charge in [0, 0.05) is 19.6 Å². The minimum atomic E-state index is -0.747. The SMILES string of the molecule is C#CCOCC(O)CN1CCC(O)(c2ccccc2)CC1. The molecule has 1 aliphatic rings. The first-order chi connectivity index (χ1) is 10.1. The van der Waals surface area contributed by atoms with Crippen molar-refractivity contribution in [2.75, 3.05) is 32.8 Å². The minimum absolute atomic E-state index is 0.227. The van der Waals surface area contributed by atoms with E-state index in [9.17, 15) is 10.2 Å². The first kappa shape index (κ1) is 16.0. The van der Waals surface area contributed by atoms with E-state index in [1.807, 2.05) is 30.3 Å². The third kappa shape index (κ3) is 4.55. The number of hydrogen-bond donors (Lipinski definition) is 2. The van der Waals surface area contributed by atoms with Gasteiger partial charge < -0.3 is 19.8 Å². The number of aliphatic hydroxyl groups is 2. The first-order valence-electron chi connectivity index (χ1n) is 7.33. The summed E-state index contributed by atoms with van der Waals surface area (Å²) in [5.74, 6) is 2.38. The first-order valence-corrected chi connectivity index (χ1v) is 7.33. The molecule has 1 saturated heterocycles. The van der Waals surface area contributed by atoms with Crippen molar-refractivity contribution in [2.24, 2.45) is 0 Å². The third-order valence-electron chi connectivity index (χ3n) is 3.96. The van der Waals surface area contributed by atoms with Crippen molar-refractivity contribution < 1.29 is 14.9 Å². The number of rotatable bonds is 6. The van der Waals surface area contributed by atoms with Crippen LogP contribution in [0.25, 0.3) is 0 Å². The maximum Gasteiger partial charge on any atom is 0.107 e. The van der Waals surface area contributed by atoms with Gasteiger partial charge >= 0.3 is 0 Å². The van der Waals surface area contributed by atoms with Crippen molar-refractivity contribution in [1.82, 2.24) is 4.90 Å². The molecular weight excluding hydrogens is 266 g/mol. The Morgan fingerprint density at radius 2 is 1.95 bits per heavy atom. The Kier molecular flexibility index (Phi) is 5.77. The molecule has 2 N–H and O–H groups in total. The van der Waals surface area contributed by atoms with E-state index in [1.165, 1.54) is 0 Å². The molecule has 1 aromatic carbocycles. The molecule has 1 unspecified atom stereocenters. The van der Waals surface area contributed by atoms with E-state index in [1.54, 1.807) is 0 Å². The zero-order valence-electron chi connectivity index (χ0n) is 12.2. The van der Waals surface area contributed by atoms with Crippen LogP contribution in [-0.2, 0) is 10.3 Å². The summed E-state index contributed by atoms with van der Waals surface area (Å²) in [6, 6.07) is 9.80. The van der Waals surface area contributed by atoms with E-state index in [0.29, 0.717) is 19.4 Å². The summed E-state index contributed by atoms with van der Waals surface area (Å²) in [7, 11) is 0. The second-order valence-corrected chi connectivity index (χ2v) is 5.57. The Morgan fingerprint density at radius 1 is 1.29 bits per heavy atom. The topological polar surface area (TPSA) is 52.9 Å². The normalized spacial score (nSPS) is 19.9. The van der Waals surface area contributed by atoms with Crippen LogP contribution in [-0.4, -0.2) is 54.1 Å². The monoisotopic (exact) mass is 289 g/mol. The number of β-amino-alcohol motifs (C(OH)–C–C–N with tert-alkyl or cyclic N) is 1. The maximum absolute atomic E-state index is 10.7. The molecule has 0 aromatic heterocycles. The van der Waals surface area contributed by atoms with Crippen LogP contribution in [0, 0.1) is 12.3 Å². The lowest BCUT2D eigenvalue weighted by atomic mass is 9.84. The Balaban J connectivity index is 1.79. The number of hydrogen-bond acceptors (Lipinski definition) is 4. The van der Waals surface area contributed by atoms with Gasteiger partial charge in [0.1, 0.15) is 6.61 Å². The molecule has 0 aliphatic carbocycles. The fourth-order valence-electron chi connectivity index (χ4n) is 2.75. The largest absolute Gasteiger partial charge is 0.389 e. The second-order valence-electron chi connectivity index (χ2n) is 5.57. The predicted molar refractivity (Wildman–Crippen MR) is 81.7 cm³/mol. The second kappa shape index (κ2) is 7.58. The van der Waals surface area contributed by atoms with Gasteiger partial charge in [0.2, 0.25) is 0 Å². The summed E-state index contributed by atoms with van der Waals surface area (Å²) >= 11 is 0. The fraction of sp³-hybridized carbons (Fsp3) is 0.529. The van der Waals surface area contributed by atoms with Crippen LogP contribution in [0.15, 0.2) is 30.3 Å². The number of benzene rings is 1. The molecule has 21 heavy (non-hydrogen) atoms. The van der Waals surface area contributed by atoms with Gasteiger partial charge in [-0.3, -0.25) is 0 Å². The molecule has 0 spiro atoms. The molecule has 0 amide bonds. The summed E-state index contributed by atoms with van der Waals surface area (Å²) in [6.07, 6.45) is 5.90. The molecule has 1 atom stereocenters. The van der Waals surface area contributed by atoms with Crippen LogP contribution in [0.5, 0.6) is 0 Å². The summed E-state index contributed by atoms with van der Waals surface area (Å²) in [5, 5.41) is 20.6. The van der Waals surface area contributed by atoms with Crippen LogP contribution >= 0.6 is 0 Å². The van der Waals surface area contributed by atoms with Crippen LogP contribution < -0.4 is 0 Å². The van der Waals surface area contributed by atoms with Gasteiger partial charge in [0.15, 0.2) is 0 Å². The third-order valence-corrected chi connectivity index (χ3v) is 3.96. The highest BCUT2D eigenvalue weighted by Crippen LogP contribution is 2.32. The van der Waals surface area contributed by atoms with E-state index in [-0.39, 0.29) is 13.2 Å². The lowest BCUT2D eigenvalue weighted by Crippen LogP contribution is -2.45. The number of terminal acetylenes is 1. The molecule has 0 bridgehead atoms. The lowest BCUT2D eigenvalue weighted by molar-refractivity contribution is -0.0414. The molecule has 114 valence electrons. The Morgan fingerprint density at radius 3 is 2.57 bits per heavy atom. The summed E-state index contributed by atoms with van der Waals surface area (Å²) in [4.78, 5) is 2.15. The summed E-state index contributed by atoms with van der Waals surface area (Å²) in [5.41, 5.74) is 0.227. The molecule has 0 saturated carbocycles. The molecule has 0 radical (unpaired) electrons. The van der Waals surface area contributed by atoms with Gasteiger partial charge in [-0.05, 0) is 18.4 Å². The Labute approximate surface area is 126 Å². The van der Waals surface area contributed by atoms with E-state index in [4.69, 9.17) is 11.2 Å². The highest BCUT2D eigenvalue weighted by atomic mass is 16.5. The van der Waals surface area contributed by atoms with Crippen LogP contribution in [0.1, 0.15) is 18.4 Å². The zero-order chi connectivity index (χ0) is 15.1. The molecule has 1 fully saturated rings. The zero-order valence-corrected chi connectivity index (χ0v) is 12.2. The number of piperidine rings is 1. The molecule has 4 nitrogen and oxygen atoms in total. The number of nitrogens with zero attached hydrogens (tertiary/aromatic N) is 1. The number of aliphatic hydroxyl groups excluding tert-OH is 1. The standard InChI is InChI=1S/C17H23NO3/c1-2-12-21-14-16(19)13-18-10-8-17(20,9-11-18)15-6-4-3-5-7-15/h1,3-7,16,19-20H,8-14H2. The number of ether oxygens (including phenoxy) is 1. The average molecular weight is 289 g/mol. The van der Waals surface area contributed by atoms with Crippen molar-refractivity contribution in [2.45, 2.75) is 24.5 Å². The molecule has 2 rings (SSSR count). The van der Waals surface area contributed by atoms with Gasteiger partial charge in [-0.2, -0.15) is 0 Å². The van der Waals surface area contributed by atoms with Crippen molar-refractivity contribution in [3.8, 4) is 12.3 Å². The highest BCUT2D eigenvalue weighted by Gasteiger charge is 2.34. The fourth-order valence-corrected chi connectivity index (χ4v) is 2.75. The highest BCUT2D eigenvalue weighted by molar-refractivity contribution is 5.22. The van der Waals surface area contributed by atoms with Gasteiger partial charge in [-0.25, -0.2) is 0 Å². The predicted octanol–water partition coefficient (Wildman–Crippen LogP) is 0.981. The van der Waals surface area contributed by atoms with Crippen LogP contribution in [0.3, 0.4) is 0 Å². The van der Waals surface area contributed by atoms with Gasteiger partial charge in [0.25, 0.3) is 0 Å². The molecular formula is C17H23NO3. The smallest absolute Gasteiger partial charge is 0.107 e. The van der Waals surface area contributed by atoms with Crippen molar-refractivity contribution >= 4 is 0 Å². The van der Waals surface area contributed by atoms with E-state index < -0.39 is 11.7 Å². The van der Waals surface area contributed by atoms with Crippen LogP contribution in [0.4, 0.5) is 0 Å². The Hall–Kier alpha value is -1.38. The maximum atomic E-state index is 10.7. The van der Waals surface area contributed by atoms with Crippen molar-refractivity contribution in [3.63, 3.8) is 0 Å². The molecule has 4 heteroatoms. The summed E-state index contributed by atoms with van der Waals surface area (Å²) in [6.45, 7) is 2.55. The van der Waals surface area contributed by atoms with E-state index in [0.717, 1.165) is 18.7 Å². The van der Waals surface area contributed by atoms with Crippen molar-refractivity contribution in [3.05, 3.63) is 35.9 Å². The van der Waals surface area contributed by atoms with E-state index >= 15 is 0 Å². The molecule has 1 heterocycles. The summed E-state index contributed by atoms with van der Waals surface area (Å²) < 4.78 is 5.13. The number of likely N-dealkylation sites (tertiary alicyclic amines) is 1. The van der Waals surface area contributed by atoms with E-state index in [2.05, 4.69) is 10.8 Å². The van der Waals surface area contributed by atoms with Crippen molar-refractivity contribution in [1.29, 1.82) is 0 Å². The average Bonchev–Trinajstić information content (AvgIpc) is 2.51. The van der Waals surface area contributed by atoms with Crippen LogP contribution in [0.2, 0.25) is 0 Å². The quantitative estimate of drug-likeness (QED) is 0.605. The van der Waals surface area contributed by atoms with Gasteiger partial charge in [-0.1, -0.05) is 36.3 Å². The van der Waals surface area contributed by atoms with Gasteiger partial charge in [-0.15, -0.1) is 6.42 Å². The minimum Gasteiger partial charge on any atom is -0.389 e. The van der Waals surface area contributed by atoms with Gasteiger partial charge in [0.05, 0.1) is 18.3 Å².